The second kappa shape index (κ2) is 10.5. The number of pyridine rings is 2. The average molecular weight is 535 g/mol. The molecule has 5 rings (SSSR count). The summed E-state index contributed by atoms with van der Waals surface area (Å²) in [6.45, 7) is 0.492. The molecule has 0 spiro atoms. The molecule has 1 aliphatic heterocycles. The van der Waals surface area contributed by atoms with E-state index in [4.69, 9.17) is 25.8 Å². The van der Waals surface area contributed by atoms with Crippen molar-refractivity contribution >= 4 is 29.0 Å². The Balaban J connectivity index is 1.56. The molecule has 10 heteroatoms. The van der Waals surface area contributed by atoms with Gasteiger partial charge >= 0.3 is 0 Å². The molecule has 3 heterocycles. The van der Waals surface area contributed by atoms with E-state index in [1.807, 2.05) is 12.1 Å². The Bertz CT molecular complexity index is 1490. The largest absolute Gasteiger partial charge is 0.497 e. The first kappa shape index (κ1) is 25.3. The summed E-state index contributed by atoms with van der Waals surface area (Å²) in [5, 5.41) is 3.41. The topological polar surface area (TPSA) is 85.8 Å². The standard InChI is InChI=1S/C28H24ClFN4O4/c1-36-17-8-7-16(24(11-17)38-3)14-34-15-23-27(28(34)35)22(33-25-10-9-18(37-2)13-31-25)12-21(32-23)26-19(29)5-4-6-20(26)30/h4-13H,14-15H2,1-3H3,(H,31,32,33). The van der Waals surface area contributed by atoms with E-state index in [9.17, 15) is 9.18 Å². The summed E-state index contributed by atoms with van der Waals surface area (Å²) in [5.74, 6) is 1.57. The van der Waals surface area contributed by atoms with Gasteiger partial charge in [0.25, 0.3) is 5.91 Å². The fourth-order valence-corrected chi connectivity index (χ4v) is 4.62. The van der Waals surface area contributed by atoms with Gasteiger partial charge in [0.15, 0.2) is 0 Å². The number of anilines is 2. The maximum absolute atomic E-state index is 14.8. The van der Waals surface area contributed by atoms with Crippen molar-refractivity contribution in [3.8, 4) is 28.5 Å². The molecule has 194 valence electrons. The zero-order valence-corrected chi connectivity index (χ0v) is 21.7. The van der Waals surface area contributed by atoms with Crippen molar-refractivity contribution in [2.45, 2.75) is 13.1 Å². The number of methoxy groups -OCH3 is 3. The van der Waals surface area contributed by atoms with E-state index >= 15 is 0 Å². The number of halogens is 2. The molecule has 0 bridgehead atoms. The number of rotatable bonds is 8. The molecule has 0 fully saturated rings. The van der Waals surface area contributed by atoms with Gasteiger partial charge in [-0.2, -0.15) is 0 Å². The minimum Gasteiger partial charge on any atom is -0.497 e. The van der Waals surface area contributed by atoms with Gasteiger partial charge in [-0.25, -0.2) is 14.4 Å². The molecule has 1 amide bonds. The van der Waals surface area contributed by atoms with Crippen LogP contribution in [0, 0.1) is 5.82 Å². The number of ether oxygens (including phenoxy) is 3. The van der Waals surface area contributed by atoms with Crippen LogP contribution in [0.3, 0.4) is 0 Å². The number of nitrogens with zero attached hydrogens (tertiary/aromatic N) is 3. The van der Waals surface area contributed by atoms with E-state index in [0.717, 1.165) is 5.56 Å². The van der Waals surface area contributed by atoms with Crippen molar-refractivity contribution in [1.29, 1.82) is 0 Å². The van der Waals surface area contributed by atoms with Gasteiger partial charge in [0.05, 0.1) is 73.8 Å². The van der Waals surface area contributed by atoms with Gasteiger partial charge in [0, 0.05) is 11.6 Å². The summed E-state index contributed by atoms with van der Waals surface area (Å²) in [5.41, 5.74) is 2.58. The van der Waals surface area contributed by atoms with Gasteiger partial charge in [-0.3, -0.25) is 4.79 Å². The Kier molecular flexibility index (Phi) is 7.02. The van der Waals surface area contributed by atoms with Crippen LogP contribution in [0.15, 0.2) is 60.8 Å². The van der Waals surface area contributed by atoms with Gasteiger partial charge in [0.1, 0.15) is 28.9 Å². The molecule has 0 atom stereocenters. The first-order chi connectivity index (χ1) is 18.4. The number of hydrogen-bond acceptors (Lipinski definition) is 7. The van der Waals surface area contributed by atoms with Crippen molar-refractivity contribution in [2.75, 3.05) is 26.6 Å². The molecule has 1 N–H and O–H groups in total. The van der Waals surface area contributed by atoms with Crippen LogP contribution >= 0.6 is 11.6 Å². The third kappa shape index (κ3) is 4.80. The van der Waals surface area contributed by atoms with E-state index in [1.54, 1.807) is 62.8 Å². The van der Waals surface area contributed by atoms with E-state index in [2.05, 4.69) is 15.3 Å². The second-order valence-corrected chi connectivity index (χ2v) is 8.93. The summed E-state index contributed by atoms with van der Waals surface area (Å²) < 4.78 is 30.8. The Morgan fingerprint density at radius 1 is 1.00 bits per heavy atom. The van der Waals surface area contributed by atoms with Crippen molar-refractivity contribution in [2.24, 2.45) is 0 Å². The number of carbonyl (C=O) groups excluding carboxylic acids is 1. The van der Waals surface area contributed by atoms with Crippen molar-refractivity contribution < 1.29 is 23.4 Å². The molecule has 0 radical (unpaired) electrons. The van der Waals surface area contributed by atoms with Crippen LogP contribution in [-0.4, -0.2) is 42.1 Å². The minimum absolute atomic E-state index is 0.158. The summed E-state index contributed by atoms with van der Waals surface area (Å²) in [6, 6.07) is 15.0. The third-order valence-corrected chi connectivity index (χ3v) is 6.56. The van der Waals surface area contributed by atoms with Gasteiger partial charge < -0.3 is 24.4 Å². The van der Waals surface area contributed by atoms with Crippen LogP contribution in [0.1, 0.15) is 21.6 Å². The van der Waals surface area contributed by atoms with Crippen molar-refractivity contribution in [3.63, 3.8) is 0 Å². The quantitative estimate of drug-likeness (QED) is 0.303. The molecule has 0 saturated carbocycles. The Labute approximate surface area is 224 Å². The number of benzene rings is 2. The summed E-state index contributed by atoms with van der Waals surface area (Å²) in [4.78, 5) is 24.3. The maximum atomic E-state index is 14.8. The number of fused-ring (bicyclic) bond motifs is 1. The highest BCUT2D eigenvalue weighted by Crippen LogP contribution is 2.38. The summed E-state index contributed by atoms with van der Waals surface area (Å²) in [7, 11) is 4.69. The lowest BCUT2D eigenvalue weighted by Gasteiger charge is -2.18. The molecule has 2 aromatic heterocycles. The highest BCUT2D eigenvalue weighted by molar-refractivity contribution is 6.33. The van der Waals surface area contributed by atoms with Crippen molar-refractivity contribution in [3.05, 3.63) is 88.5 Å². The number of hydrogen-bond donors (Lipinski definition) is 1. The van der Waals surface area contributed by atoms with Crippen LogP contribution in [0.5, 0.6) is 17.2 Å². The zero-order chi connectivity index (χ0) is 26.8. The molecule has 0 saturated heterocycles. The van der Waals surface area contributed by atoms with Crippen LogP contribution < -0.4 is 19.5 Å². The fourth-order valence-electron chi connectivity index (χ4n) is 4.36. The molecule has 0 unspecified atom stereocenters. The lowest BCUT2D eigenvalue weighted by Crippen LogP contribution is -2.24. The average Bonchev–Trinajstić information content (AvgIpc) is 3.24. The first-order valence-corrected chi connectivity index (χ1v) is 12.0. The Morgan fingerprint density at radius 3 is 2.47 bits per heavy atom. The molecular weight excluding hydrogens is 511 g/mol. The molecular formula is C28H24ClFN4O4. The number of nitrogens with one attached hydrogen (secondary N) is 1. The number of carbonyl (C=O) groups is 1. The third-order valence-electron chi connectivity index (χ3n) is 6.25. The molecule has 38 heavy (non-hydrogen) atoms. The smallest absolute Gasteiger partial charge is 0.258 e. The normalized spacial score (nSPS) is 12.3. The highest BCUT2D eigenvalue weighted by Gasteiger charge is 2.33. The van der Waals surface area contributed by atoms with Gasteiger partial charge in [0.2, 0.25) is 0 Å². The number of aromatic nitrogens is 2. The van der Waals surface area contributed by atoms with Gasteiger partial charge in [-0.05, 0) is 42.5 Å². The lowest BCUT2D eigenvalue weighted by molar-refractivity contribution is 0.0766. The maximum Gasteiger partial charge on any atom is 0.258 e. The number of amides is 1. The van der Waals surface area contributed by atoms with Gasteiger partial charge in [-0.15, -0.1) is 0 Å². The van der Waals surface area contributed by atoms with Crippen molar-refractivity contribution in [1.82, 2.24) is 14.9 Å². The molecule has 1 aliphatic rings. The second-order valence-electron chi connectivity index (χ2n) is 8.52. The zero-order valence-electron chi connectivity index (χ0n) is 20.9. The predicted octanol–water partition coefficient (Wildman–Crippen LogP) is 5.86. The predicted molar refractivity (Wildman–Crippen MR) is 142 cm³/mol. The van der Waals surface area contributed by atoms with Crippen LogP contribution in [0.25, 0.3) is 11.3 Å². The highest BCUT2D eigenvalue weighted by atomic mass is 35.5. The van der Waals surface area contributed by atoms with Crippen LogP contribution in [-0.2, 0) is 13.1 Å². The molecule has 4 aromatic rings. The van der Waals surface area contributed by atoms with E-state index in [0.29, 0.717) is 45.7 Å². The van der Waals surface area contributed by atoms with E-state index < -0.39 is 5.82 Å². The Hall–Kier alpha value is -4.37. The fraction of sp³-hybridized carbons (Fsp3) is 0.179. The molecule has 0 aliphatic carbocycles. The first-order valence-electron chi connectivity index (χ1n) is 11.7. The van der Waals surface area contributed by atoms with Crippen LogP contribution in [0.2, 0.25) is 5.02 Å². The molecule has 8 nitrogen and oxygen atoms in total. The summed E-state index contributed by atoms with van der Waals surface area (Å²) in [6.07, 6.45) is 1.56. The Morgan fingerprint density at radius 2 is 1.79 bits per heavy atom. The van der Waals surface area contributed by atoms with E-state index in [-0.39, 0.29) is 29.6 Å². The SMILES string of the molecule is COc1ccc(Nc2cc(-c3c(F)cccc3Cl)nc3c2C(=O)N(Cc2ccc(OC)cc2OC)C3)nc1. The molecule has 2 aromatic carbocycles. The summed E-state index contributed by atoms with van der Waals surface area (Å²) >= 11 is 6.36. The monoisotopic (exact) mass is 534 g/mol. The minimum atomic E-state index is -0.511. The van der Waals surface area contributed by atoms with Crippen LogP contribution in [0.4, 0.5) is 15.9 Å². The lowest BCUT2D eigenvalue weighted by atomic mass is 10.1. The van der Waals surface area contributed by atoms with Gasteiger partial charge in [-0.1, -0.05) is 17.7 Å². The van der Waals surface area contributed by atoms with E-state index in [1.165, 1.54) is 12.1 Å².